The zero-order valence-electron chi connectivity index (χ0n) is 11.0. The van der Waals surface area contributed by atoms with Crippen LogP contribution in [-0.4, -0.2) is 43.4 Å². The summed E-state index contributed by atoms with van der Waals surface area (Å²) in [4.78, 5) is 15.9. The lowest BCUT2D eigenvalue weighted by Gasteiger charge is -2.28. The molecule has 2 aliphatic rings. The smallest absolute Gasteiger partial charge is 0.152 e. The largest absolute Gasteiger partial charge is 0.369 e. The Kier molecular flexibility index (Phi) is 3.51. The van der Waals surface area contributed by atoms with E-state index in [-0.39, 0.29) is 5.82 Å². The summed E-state index contributed by atoms with van der Waals surface area (Å²) in [6, 6.07) is 5.11. The van der Waals surface area contributed by atoms with E-state index in [9.17, 15) is 9.18 Å². The van der Waals surface area contributed by atoms with Gasteiger partial charge in [-0.2, -0.15) is 0 Å². The Hall–Kier alpha value is -1.42. The van der Waals surface area contributed by atoms with Gasteiger partial charge in [0.2, 0.25) is 0 Å². The molecule has 2 heterocycles. The first kappa shape index (κ1) is 12.6. The van der Waals surface area contributed by atoms with Crippen molar-refractivity contribution >= 4 is 12.0 Å². The second kappa shape index (κ2) is 5.29. The highest BCUT2D eigenvalue weighted by atomic mass is 19.1. The molecule has 0 aliphatic carbocycles. The van der Waals surface area contributed by atoms with Gasteiger partial charge in [-0.15, -0.1) is 0 Å². The van der Waals surface area contributed by atoms with E-state index < -0.39 is 0 Å². The van der Waals surface area contributed by atoms with Gasteiger partial charge >= 0.3 is 0 Å². The Morgan fingerprint density at radius 3 is 2.89 bits per heavy atom. The fraction of sp³-hybridized carbons (Fsp3) is 0.533. The SMILES string of the molecule is O=Cc1cc(F)ccc1N1CCCN2CCCC2C1. The summed E-state index contributed by atoms with van der Waals surface area (Å²) < 4.78 is 13.2. The van der Waals surface area contributed by atoms with Gasteiger partial charge in [0.15, 0.2) is 6.29 Å². The zero-order valence-corrected chi connectivity index (χ0v) is 11.0. The minimum absolute atomic E-state index is 0.344. The van der Waals surface area contributed by atoms with Crippen LogP contribution in [0.1, 0.15) is 29.6 Å². The maximum Gasteiger partial charge on any atom is 0.152 e. The van der Waals surface area contributed by atoms with Gasteiger partial charge in [-0.1, -0.05) is 0 Å². The summed E-state index contributed by atoms with van der Waals surface area (Å²) in [6.07, 6.45) is 4.36. The predicted molar refractivity (Wildman–Crippen MR) is 73.2 cm³/mol. The molecule has 0 N–H and O–H groups in total. The molecule has 2 saturated heterocycles. The highest BCUT2D eigenvalue weighted by Gasteiger charge is 2.29. The van der Waals surface area contributed by atoms with Crippen molar-refractivity contribution in [2.75, 3.05) is 31.1 Å². The van der Waals surface area contributed by atoms with Crippen LogP contribution in [0.25, 0.3) is 0 Å². The monoisotopic (exact) mass is 262 g/mol. The number of carbonyl (C=O) groups excluding carboxylic acids is 1. The molecule has 0 amide bonds. The van der Waals surface area contributed by atoms with Crippen molar-refractivity contribution < 1.29 is 9.18 Å². The third kappa shape index (κ3) is 2.50. The molecular weight excluding hydrogens is 243 g/mol. The van der Waals surface area contributed by atoms with E-state index in [1.54, 1.807) is 6.07 Å². The van der Waals surface area contributed by atoms with Gasteiger partial charge in [0.1, 0.15) is 5.82 Å². The average molecular weight is 262 g/mol. The molecule has 102 valence electrons. The van der Waals surface area contributed by atoms with Crippen molar-refractivity contribution in [3.63, 3.8) is 0 Å². The molecule has 3 nitrogen and oxygen atoms in total. The third-order valence-corrected chi connectivity index (χ3v) is 4.26. The van der Waals surface area contributed by atoms with E-state index >= 15 is 0 Å². The Bertz CT molecular complexity index is 477. The number of hydrogen-bond donors (Lipinski definition) is 0. The van der Waals surface area contributed by atoms with Crippen molar-refractivity contribution in [3.8, 4) is 0 Å². The van der Waals surface area contributed by atoms with Gasteiger partial charge in [0.05, 0.1) is 0 Å². The molecule has 1 aromatic carbocycles. The van der Waals surface area contributed by atoms with Gasteiger partial charge < -0.3 is 4.90 Å². The number of anilines is 1. The number of carbonyl (C=O) groups is 1. The highest BCUT2D eigenvalue weighted by Crippen LogP contribution is 2.27. The Balaban J connectivity index is 1.86. The fourth-order valence-electron chi connectivity index (χ4n) is 3.33. The van der Waals surface area contributed by atoms with Gasteiger partial charge in [0, 0.05) is 36.9 Å². The Morgan fingerprint density at radius 1 is 1.21 bits per heavy atom. The molecule has 0 spiro atoms. The number of benzene rings is 1. The Morgan fingerprint density at radius 2 is 2.05 bits per heavy atom. The van der Waals surface area contributed by atoms with Crippen LogP contribution >= 0.6 is 0 Å². The number of nitrogens with zero attached hydrogens (tertiary/aromatic N) is 2. The molecule has 2 aliphatic heterocycles. The van der Waals surface area contributed by atoms with Crippen LogP contribution in [0.4, 0.5) is 10.1 Å². The molecule has 0 bridgehead atoms. The lowest BCUT2D eigenvalue weighted by molar-refractivity contribution is 0.112. The third-order valence-electron chi connectivity index (χ3n) is 4.26. The molecule has 19 heavy (non-hydrogen) atoms. The minimum atomic E-state index is -0.344. The van der Waals surface area contributed by atoms with Crippen molar-refractivity contribution in [2.45, 2.75) is 25.3 Å². The number of aldehydes is 1. The summed E-state index contributed by atoms with van der Waals surface area (Å²) in [5.41, 5.74) is 1.34. The van der Waals surface area contributed by atoms with E-state index in [0.717, 1.165) is 38.0 Å². The predicted octanol–water partition coefficient (Wildman–Crippen LogP) is 2.31. The van der Waals surface area contributed by atoms with Gasteiger partial charge in [-0.3, -0.25) is 9.69 Å². The normalized spacial score (nSPS) is 24.1. The molecule has 0 saturated carbocycles. The first-order valence-electron chi connectivity index (χ1n) is 7.01. The summed E-state index contributed by atoms with van der Waals surface area (Å²) in [6.45, 7) is 4.23. The van der Waals surface area contributed by atoms with Crippen LogP contribution in [0.5, 0.6) is 0 Å². The number of hydrogen-bond acceptors (Lipinski definition) is 3. The molecule has 1 unspecified atom stereocenters. The van der Waals surface area contributed by atoms with E-state index in [4.69, 9.17) is 0 Å². The number of halogens is 1. The van der Waals surface area contributed by atoms with Gasteiger partial charge in [0.25, 0.3) is 0 Å². The van der Waals surface area contributed by atoms with Crippen LogP contribution in [0.2, 0.25) is 0 Å². The van der Waals surface area contributed by atoms with E-state index in [2.05, 4.69) is 9.80 Å². The fourth-order valence-corrected chi connectivity index (χ4v) is 3.33. The molecule has 0 aromatic heterocycles. The van der Waals surface area contributed by atoms with Crippen LogP contribution in [0.15, 0.2) is 18.2 Å². The highest BCUT2D eigenvalue weighted by molar-refractivity contribution is 5.84. The standard InChI is InChI=1S/C15H19FN2O/c16-13-4-5-15(12(9-13)11-19)18-8-2-7-17-6-1-3-14(17)10-18/h4-5,9,11,14H,1-3,6-8,10H2. The van der Waals surface area contributed by atoms with Crippen LogP contribution in [0, 0.1) is 5.82 Å². The van der Waals surface area contributed by atoms with E-state index in [0.29, 0.717) is 11.6 Å². The van der Waals surface area contributed by atoms with Crippen molar-refractivity contribution in [1.82, 2.24) is 4.90 Å². The number of rotatable bonds is 2. The molecule has 1 atom stereocenters. The Labute approximate surface area is 113 Å². The van der Waals surface area contributed by atoms with Gasteiger partial charge in [-0.25, -0.2) is 4.39 Å². The average Bonchev–Trinajstić information content (AvgIpc) is 2.76. The van der Waals surface area contributed by atoms with Crippen LogP contribution < -0.4 is 4.90 Å². The molecule has 0 radical (unpaired) electrons. The summed E-state index contributed by atoms with van der Waals surface area (Å²) >= 11 is 0. The second-order valence-electron chi connectivity index (χ2n) is 5.45. The molecule has 4 heteroatoms. The zero-order chi connectivity index (χ0) is 13.2. The minimum Gasteiger partial charge on any atom is -0.369 e. The van der Waals surface area contributed by atoms with Crippen LogP contribution in [0.3, 0.4) is 0 Å². The summed E-state index contributed by atoms with van der Waals surface area (Å²) in [5, 5.41) is 0. The molecular formula is C15H19FN2O. The van der Waals surface area contributed by atoms with E-state index in [1.807, 2.05) is 0 Å². The van der Waals surface area contributed by atoms with Crippen LogP contribution in [-0.2, 0) is 0 Å². The quantitative estimate of drug-likeness (QED) is 0.764. The lowest BCUT2D eigenvalue weighted by atomic mass is 10.1. The molecule has 2 fully saturated rings. The van der Waals surface area contributed by atoms with Gasteiger partial charge in [-0.05, 0) is 44.0 Å². The topological polar surface area (TPSA) is 23.6 Å². The first-order valence-corrected chi connectivity index (χ1v) is 7.01. The van der Waals surface area contributed by atoms with Crippen molar-refractivity contribution in [1.29, 1.82) is 0 Å². The summed E-state index contributed by atoms with van der Waals surface area (Å²) in [5.74, 6) is -0.344. The maximum absolute atomic E-state index is 13.2. The number of fused-ring (bicyclic) bond motifs is 1. The van der Waals surface area contributed by atoms with E-state index in [1.165, 1.54) is 31.5 Å². The van der Waals surface area contributed by atoms with Crippen molar-refractivity contribution in [2.24, 2.45) is 0 Å². The maximum atomic E-state index is 13.2. The molecule has 3 rings (SSSR count). The summed E-state index contributed by atoms with van der Waals surface area (Å²) in [7, 11) is 0. The lowest BCUT2D eigenvalue weighted by Crippen LogP contribution is -2.37. The molecule has 1 aromatic rings. The van der Waals surface area contributed by atoms with Crippen molar-refractivity contribution in [3.05, 3.63) is 29.6 Å². The first-order chi connectivity index (χ1) is 9.28. The second-order valence-corrected chi connectivity index (χ2v) is 5.45.